The van der Waals surface area contributed by atoms with E-state index in [1.54, 1.807) is 6.07 Å². The molecule has 214 valence electrons. The molecule has 4 aromatic carbocycles. The number of amidine groups is 2. The lowest BCUT2D eigenvalue weighted by molar-refractivity contribution is 0.317. The Balaban J connectivity index is 1.50. The Labute approximate surface area is 250 Å². The number of phenols is 1. The molecule has 1 atom stereocenters. The van der Waals surface area contributed by atoms with E-state index in [4.69, 9.17) is 19.8 Å². The molecule has 1 unspecified atom stereocenters. The van der Waals surface area contributed by atoms with Crippen LogP contribution in [0.2, 0.25) is 0 Å². The van der Waals surface area contributed by atoms with E-state index in [1.165, 1.54) is 0 Å². The number of hydrogen-bond donors (Lipinski definition) is 2. The first kappa shape index (κ1) is 26.5. The van der Waals surface area contributed by atoms with Crippen LogP contribution in [-0.2, 0) is 0 Å². The molecule has 2 aliphatic heterocycles. The molecule has 0 radical (unpaired) electrons. The van der Waals surface area contributed by atoms with Crippen molar-refractivity contribution in [1.29, 1.82) is 0 Å². The Hall–Kier alpha value is -5.37. The van der Waals surface area contributed by atoms with Gasteiger partial charge in [0.2, 0.25) is 0 Å². The van der Waals surface area contributed by atoms with Gasteiger partial charge in [-0.05, 0) is 86.8 Å². The zero-order valence-corrected chi connectivity index (χ0v) is 24.5. The SMILES string of the molecule is CCOc1cc(C2c3c(C)nn(-c4ccccc4)c3N=C3C(Nc4cc(C)ccc4C)=Nc4ccccc4N32)ccc1O. The van der Waals surface area contributed by atoms with Gasteiger partial charge < -0.3 is 20.1 Å². The summed E-state index contributed by atoms with van der Waals surface area (Å²) in [6.45, 7) is 8.53. The van der Waals surface area contributed by atoms with Gasteiger partial charge in [0, 0.05) is 11.3 Å². The van der Waals surface area contributed by atoms with Gasteiger partial charge >= 0.3 is 0 Å². The van der Waals surface area contributed by atoms with Gasteiger partial charge in [-0.2, -0.15) is 5.10 Å². The van der Waals surface area contributed by atoms with Gasteiger partial charge in [0.1, 0.15) is 0 Å². The molecule has 0 amide bonds. The predicted octanol–water partition coefficient (Wildman–Crippen LogP) is 7.70. The summed E-state index contributed by atoms with van der Waals surface area (Å²) in [5.41, 5.74) is 8.69. The van der Waals surface area contributed by atoms with Crippen LogP contribution in [0.3, 0.4) is 0 Å². The van der Waals surface area contributed by atoms with Crippen molar-refractivity contribution in [2.45, 2.75) is 33.7 Å². The standard InChI is InChI=1S/C35H32N6O2/c1-5-43-30-20-24(17-18-29(30)42)32-31-23(4)39-41(25-11-7-6-8-12-25)34(31)38-35-33(37-27-19-21(2)15-16-22(27)3)36-26-13-9-10-14-28(26)40(32)35/h6-20,32,42H,5H2,1-4H3,(H,36,37). The summed E-state index contributed by atoms with van der Waals surface area (Å²) >= 11 is 0. The molecule has 7 rings (SSSR count). The third-order valence-electron chi connectivity index (χ3n) is 7.88. The van der Waals surface area contributed by atoms with Gasteiger partial charge in [0.05, 0.1) is 35.4 Å². The first-order valence-electron chi connectivity index (χ1n) is 14.4. The molecule has 0 bridgehead atoms. The number of para-hydroxylation sites is 3. The number of aromatic hydroxyl groups is 1. The number of aromatic nitrogens is 2. The van der Waals surface area contributed by atoms with Crippen LogP contribution in [-0.4, -0.2) is 33.2 Å². The number of phenolic OH excluding ortho intramolecular Hbond substituents is 1. The zero-order chi connectivity index (χ0) is 29.7. The summed E-state index contributed by atoms with van der Waals surface area (Å²) in [7, 11) is 0. The van der Waals surface area contributed by atoms with Crippen molar-refractivity contribution in [2.75, 3.05) is 16.8 Å². The zero-order valence-electron chi connectivity index (χ0n) is 24.5. The minimum Gasteiger partial charge on any atom is -0.504 e. The van der Waals surface area contributed by atoms with Gasteiger partial charge in [-0.25, -0.2) is 14.7 Å². The molecule has 5 aromatic rings. The van der Waals surface area contributed by atoms with E-state index in [1.807, 2.05) is 79.2 Å². The lowest BCUT2D eigenvalue weighted by atomic mass is 9.93. The summed E-state index contributed by atoms with van der Waals surface area (Å²) in [4.78, 5) is 12.6. The van der Waals surface area contributed by atoms with Crippen molar-refractivity contribution in [2.24, 2.45) is 9.98 Å². The summed E-state index contributed by atoms with van der Waals surface area (Å²) in [6.07, 6.45) is 0. The number of ether oxygens (including phenoxy) is 1. The minimum absolute atomic E-state index is 0.102. The predicted molar refractivity (Wildman–Crippen MR) is 172 cm³/mol. The molecule has 0 saturated heterocycles. The van der Waals surface area contributed by atoms with Crippen molar-refractivity contribution >= 4 is 34.6 Å². The number of anilines is 2. The summed E-state index contributed by atoms with van der Waals surface area (Å²) < 4.78 is 7.74. The molecule has 0 saturated carbocycles. The van der Waals surface area contributed by atoms with Crippen LogP contribution >= 0.6 is 0 Å². The van der Waals surface area contributed by atoms with E-state index < -0.39 is 0 Å². The Morgan fingerprint density at radius 2 is 1.67 bits per heavy atom. The Morgan fingerprint density at radius 1 is 0.884 bits per heavy atom. The number of aliphatic imine (C=N–C) groups is 2. The summed E-state index contributed by atoms with van der Waals surface area (Å²) in [6, 6.07) is 29.7. The Bertz CT molecular complexity index is 1920. The number of benzene rings is 4. The highest BCUT2D eigenvalue weighted by atomic mass is 16.5. The van der Waals surface area contributed by atoms with Crippen LogP contribution in [0, 0.1) is 20.8 Å². The lowest BCUT2D eigenvalue weighted by Gasteiger charge is -2.40. The number of rotatable bonds is 5. The number of hydrogen-bond acceptors (Lipinski definition) is 7. The van der Waals surface area contributed by atoms with Gasteiger partial charge in [-0.15, -0.1) is 0 Å². The fourth-order valence-corrected chi connectivity index (χ4v) is 5.83. The third kappa shape index (κ3) is 4.52. The molecular formula is C35H32N6O2. The first-order valence-corrected chi connectivity index (χ1v) is 14.4. The van der Waals surface area contributed by atoms with E-state index in [0.717, 1.165) is 56.5 Å². The van der Waals surface area contributed by atoms with Gasteiger partial charge in [-0.3, -0.25) is 0 Å². The molecule has 8 nitrogen and oxygen atoms in total. The van der Waals surface area contributed by atoms with Gasteiger partial charge in [0.25, 0.3) is 0 Å². The average molecular weight is 569 g/mol. The van der Waals surface area contributed by atoms with Crippen LogP contribution in [0.5, 0.6) is 11.5 Å². The molecule has 8 heteroatoms. The Morgan fingerprint density at radius 3 is 2.49 bits per heavy atom. The normalized spacial score (nSPS) is 15.2. The topological polar surface area (TPSA) is 87.3 Å². The number of nitrogens with zero attached hydrogens (tertiary/aromatic N) is 5. The number of fused-ring (bicyclic) bond motifs is 4. The van der Waals surface area contributed by atoms with E-state index in [2.05, 4.69) is 48.3 Å². The van der Waals surface area contributed by atoms with Crippen LogP contribution in [0.15, 0.2) is 101 Å². The molecule has 43 heavy (non-hydrogen) atoms. The van der Waals surface area contributed by atoms with Gasteiger partial charge in [-0.1, -0.05) is 48.5 Å². The molecule has 2 N–H and O–H groups in total. The monoisotopic (exact) mass is 568 g/mol. The minimum atomic E-state index is -0.327. The van der Waals surface area contributed by atoms with Crippen molar-refractivity contribution in [3.05, 3.63) is 119 Å². The molecule has 0 spiro atoms. The maximum Gasteiger partial charge on any atom is 0.179 e. The van der Waals surface area contributed by atoms with Crippen molar-refractivity contribution in [1.82, 2.24) is 9.78 Å². The Kier molecular flexibility index (Phi) is 6.46. The largest absolute Gasteiger partial charge is 0.504 e. The number of aryl methyl sites for hydroxylation is 3. The highest BCUT2D eigenvalue weighted by molar-refractivity contribution is 6.51. The number of nitrogens with one attached hydrogen (secondary N) is 1. The maximum atomic E-state index is 10.6. The van der Waals surface area contributed by atoms with Gasteiger partial charge in [0.15, 0.2) is 29.0 Å². The molecule has 3 heterocycles. The quantitative estimate of drug-likeness (QED) is 0.227. The van der Waals surface area contributed by atoms with Crippen molar-refractivity contribution < 1.29 is 9.84 Å². The van der Waals surface area contributed by atoms with Crippen LogP contribution < -0.4 is 15.0 Å². The van der Waals surface area contributed by atoms with E-state index in [0.29, 0.717) is 24.0 Å². The smallest absolute Gasteiger partial charge is 0.179 e. The van der Waals surface area contributed by atoms with E-state index in [-0.39, 0.29) is 11.8 Å². The summed E-state index contributed by atoms with van der Waals surface area (Å²) in [5, 5.41) is 19.2. The molecule has 2 aliphatic rings. The van der Waals surface area contributed by atoms with Crippen LogP contribution in [0.4, 0.5) is 22.9 Å². The van der Waals surface area contributed by atoms with Crippen molar-refractivity contribution in [3.63, 3.8) is 0 Å². The highest BCUT2D eigenvalue weighted by Crippen LogP contribution is 2.49. The van der Waals surface area contributed by atoms with Crippen molar-refractivity contribution in [3.8, 4) is 17.2 Å². The molecule has 0 fully saturated rings. The second-order valence-electron chi connectivity index (χ2n) is 10.8. The maximum absolute atomic E-state index is 10.6. The van der Waals surface area contributed by atoms with E-state index >= 15 is 0 Å². The fraction of sp³-hybridized carbons (Fsp3) is 0.171. The fourth-order valence-electron chi connectivity index (χ4n) is 5.83. The first-order chi connectivity index (χ1) is 20.9. The summed E-state index contributed by atoms with van der Waals surface area (Å²) in [5.74, 6) is 2.60. The molecule has 0 aliphatic carbocycles. The van der Waals surface area contributed by atoms with E-state index in [9.17, 15) is 5.11 Å². The highest BCUT2D eigenvalue weighted by Gasteiger charge is 2.41. The third-order valence-corrected chi connectivity index (χ3v) is 7.88. The molecule has 1 aromatic heterocycles. The second-order valence-corrected chi connectivity index (χ2v) is 10.8. The van der Waals surface area contributed by atoms with Crippen LogP contribution in [0.25, 0.3) is 5.69 Å². The lowest BCUT2D eigenvalue weighted by Crippen LogP contribution is -2.46. The average Bonchev–Trinajstić information content (AvgIpc) is 3.35. The molecular weight excluding hydrogens is 536 g/mol. The van der Waals surface area contributed by atoms with Crippen LogP contribution in [0.1, 0.15) is 40.9 Å². The second kappa shape index (κ2) is 10.5.